The molecule has 0 N–H and O–H groups in total. The van der Waals surface area contributed by atoms with Gasteiger partial charge in [-0.15, -0.1) is 5.10 Å². The number of likely N-dealkylation sites (tertiary alicyclic amines) is 1. The van der Waals surface area contributed by atoms with Crippen LogP contribution in [0, 0.1) is 0 Å². The predicted octanol–water partition coefficient (Wildman–Crippen LogP) is 3.20. The van der Waals surface area contributed by atoms with Crippen LogP contribution >= 0.6 is 11.5 Å². The Kier molecular flexibility index (Phi) is 5.40. The Balaban J connectivity index is 1.64. The van der Waals surface area contributed by atoms with Gasteiger partial charge in [0.1, 0.15) is 11.0 Å². The minimum absolute atomic E-state index is 0.0924. The van der Waals surface area contributed by atoms with Gasteiger partial charge in [-0.2, -0.15) is 13.2 Å². The van der Waals surface area contributed by atoms with E-state index >= 15 is 0 Å². The molecule has 2 aromatic heterocycles. The summed E-state index contributed by atoms with van der Waals surface area (Å²) in [4.78, 5) is 18.6. The van der Waals surface area contributed by atoms with E-state index in [1.807, 2.05) is 6.92 Å². The van der Waals surface area contributed by atoms with Gasteiger partial charge in [0.2, 0.25) is 5.88 Å². The summed E-state index contributed by atoms with van der Waals surface area (Å²) < 4.78 is 47.7. The summed E-state index contributed by atoms with van der Waals surface area (Å²) in [6.07, 6.45) is -1.72. The zero-order valence-electron chi connectivity index (χ0n) is 14.0. The van der Waals surface area contributed by atoms with Crippen LogP contribution < -0.4 is 4.74 Å². The van der Waals surface area contributed by atoms with Gasteiger partial charge in [-0.3, -0.25) is 4.79 Å². The molecule has 1 atom stereocenters. The molecule has 3 rings (SSSR count). The number of aromatic nitrogens is 3. The van der Waals surface area contributed by atoms with Crippen molar-refractivity contribution in [2.75, 3.05) is 13.1 Å². The molecule has 10 heteroatoms. The molecule has 1 aliphatic rings. The van der Waals surface area contributed by atoms with Crippen molar-refractivity contribution in [1.29, 1.82) is 0 Å². The number of ether oxygens (including phenoxy) is 1. The maximum Gasteiger partial charge on any atom is 0.416 e. The molecule has 0 radical (unpaired) electrons. The first-order valence-electron chi connectivity index (χ1n) is 8.19. The van der Waals surface area contributed by atoms with E-state index in [0.717, 1.165) is 36.3 Å². The number of pyridine rings is 1. The maximum atomic E-state index is 12.8. The number of hydrogen-bond donors (Lipinski definition) is 0. The van der Waals surface area contributed by atoms with E-state index in [1.54, 1.807) is 4.90 Å². The van der Waals surface area contributed by atoms with Gasteiger partial charge in [-0.1, -0.05) is 17.8 Å². The van der Waals surface area contributed by atoms with Crippen LogP contribution in [-0.4, -0.2) is 44.6 Å². The van der Waals surface area contributed by atoms with Crippen LogP contribution in [0.4, 0.5) is 13.2 Å². The Morgan fingerprint density at radius 2 is 2.27 bits per heavy atom. The summed E-state index contributed by atoms with van der Waals surface area (Å²) in [5.74, 6) is -0.253. The first-order valence-corrected chi connectivity index (χ1v) is 8.96. The van der Waals surface area contributed by atoms with Crippen molar-refractivity contribution in [2.45, 2.75) is 38.5 Å². The highest BCUT2D eigenvalue weighted by atomic mass is 32.1. The molecule has 2 aromatic rings. The number of alkyl halides is 3. The number of rotatable bonds is 5. The van der Waals surface area contributed by atoms with Crippen LogP contribution in [-0.2, 0) is 12.6 Å². The van der Waals surface area contributed by atoms with Crippen molar-refractivity contribution in [2.24, 2.45) is 0 Å². The minimum atomic E-state index is -4.45. The van der Waals surface area contributed by atoms with E-state index in [2.05, 4.69) is 14.6 Å². The van der Waals surface area contributed by atoms with Crippen molar-refractivity contribution < 1.29 is 22.7 Å². The van der Waals surface area contributed by atoms with E-state index in [9.17, 15) is 18.0 Å². The van der Waals surface area contributed by atoms with Gasteiger partial charge in [0.15, 0.2) is 0 Å². The SMILES string of the molecule is CCCc1nnsc1C(=O)N1CC[C@H](Oc2cc(C(F)(F)F)ccn2)C1. The van der Waals surface area contributed by atoms with Crippen molar-refractivity contribution in [1.82, 2.24) is 19.5 Å². The Morgan fingerprint density at radius 1 is 1.46 bits per heavy atom. The van der Waals surface area contributed by atoms with Crippen LogP contribution in [0.15, 0.2) is 18.3 Å². The maximum absolute atomic E-state index is 12.8. The highest BCUT2D eigenvalue weighted by Crippen LogP contribution is 2.31. The smallest absolute Gasteiger partial charge is 0.416 e. The van der Waals surface area contributed by atoms with Gasteiger partial charge in [0.05, 0.1) is 17.8 Å². The van der Waals surface area contributed by atoms with Crippen LogP contribution in [0.1, 0.15) is 40.7 Å². The molecule has 26 heavy (non-hydrogen) atoms. The highest BCUT2D eigenvalue weighted by Gasteiger charge is 2.33. The summed E-state index contributed by atoms with van der Waals surface area (Å²) in [7, 11) is 0. The normalized spacial score (nSPS) is 17.5. The molecule has 0 aliphatic carbocycles. The molecular formula is C16H17F3N4O2S. The number of carbonyl (C=O) groups is 1. The second kappa shape index (κ2) is 7.56. The molecule has 6 nitrogen and oxygen atoms in total. The summed E-state index contributed by atoms with van der Waals surface area (Å²) in [5.41, 5.74) is -0.125. The number of nitrogens with zero attached hydrogens (tertiary/aromatic N) is 4. The topological polar surface area (TPSA) is 68.2 Å². The van der Waals surface area contributed by atoms with Crippen molar-refractivity contribution in [3.05, 3.63) is 34.5 Å². The standard InChI is InChI=1S/C16H17F3N4O2S/c1-2-3-12-14(26-22-21-12)15(24)23-7-5-11(9-23)25-13-8-10(4-6-20-13)16(17,18)19/h4,6,8,11H,2-3,5,7,9H2,1H3/t11-/m0/s1. The van der Waals surface area contributed by atoms with Gasteiger partial charge in [-0.25, -0.2) is 4.98 Å². The summed E-state index contributed by atoms with van der Waals surface area (Å²) in [5, 5.41) is 3.99. The molecule has 1 aliphatic heterocycles. The number of halogens is 3. The average Bonchev–Trinajstić information content (AvgIpc) is 3.24. The van der Waals surface area contributed by atoms with Crippen molar-refractivity contribution in [3.8, 4) is 5.88 Å². The second-order valence-corrected chi connectivity index (χ2v) is 6.71. The molecule has 0 saturated carbocycles. The van der Waals surface area contributed by atoms with Gasteiger partial charge < -0.3 is 9.64 Å². The molecule has 0 bridgehead atoms. The van der Waals surface area contributed by atoms with Crippen LogP contribution in [0.25, 0.3) is 0 Å². The molecule has 1 amide bonds. The third kappa shape index (κ3) is 4.12. The Hall–Kier alpha value is -2.23. The minimum Gasteiger partial charge on any atom is -0.472 e. The first-order chi connectivity index (χ1) is 12.4. The van der Waals surface area contributed by atoms with Gasteiger partial charge in [0.25, 0.3) is 5.91 Å². The third-order valence-corrected chi connectivity index (χ3v) is 4.77. The molecular weight excluding hydrogens is 369 g/mol. The quantitative estimate of drug-likeness (QED) is 0.789. The number of hydrogen-bond acceptors (Lipinski definition) is 6. The lowest BCUT2D eigenvalue weighted by atomic mass is 10.2. The van der Waals surface area contributed by atoms with Crippen molar-refractivity contribution >= 4 is 17.4 Å². The fourth-order valence-corrected chi connectivity index (χ4v) is 3.42. The highest BCUT2D eigenvalue weighted by molar-refractivity contribution is 7.08. The fourth-order valence-electron chi connectivity index (χ4n) is 2.74. The number of carbonyl (C=O) groups excluding carboxylic acids is 1. The van der Waals surface area contributed by atoms with Crippen LogP contribution in [0.5, 0.6) is 5.88 Å². The molecule has 0 unspecified atom stereocenters. The second-order valence-electron chi connectivity index (χ2n) is 5.96. The van der Waals surface area contributed by atoms with Gasteiger partial charge in [0, 0.05) is 25.2 Å². The van der Waals surface area contributed by atoms with Gasteiger partial charge >= 0.3 is 6.18 Å². The zero-order chi connectivity index (χ0) is 18.7. The lowest BCUT2D eigenvalue weighted by molar-refractivity contribution is -0.137. The molecule has 0 spiro atoms. The Morgan fingerprint density at radius 3 is 3.00 bits per heavy atom. The van der Waals surface area contributed by atoms with Crippen LogP contribution in [0.2, 0.25) is 0 Å². The van der Waals surface area contributed by atoms with Crippen LogP contribution in [0.3, 0.4) is 0 Å². The molecule has 1 fully saturated rings. The van der Waals surface area contributed by atoms with E-state index in [4.69, 9.17) is 4.74 Å². The largest absolute Gasteiger partial charge is 0.472 e. The number of amides is 1. The monoisotopic (exact) mass is 386 g/mol. The molecule has 0 aromatic carbocycles. The fraction of sp³-hybridized carbons (Fsp3) is 0.500. The first kappa shape index (κ1) is 18.6. The van der Waals surface area contributed by atoms with E-state index in [-0.39, 0.29) is 11.8 Å². The van der Waals surface area contributed by atoms with Gasteiger partial charge in [-0.05, 0) is 24.0 Å². The van der Waals surface area contributed by atoms with E-state index < -0.39 is 17.8 Å². The molecule has 140 valence electrons. The molecule has 3 heterocycles. The number of aryl methyl sites for hydroxylation is 1. The predicted molar refractivity (Wildman–Crippen MR) is 88.1 cm³/mol. The van der Waals surface area contributed by atoms with E-state index in [1.165, 1.54) is 0 Å². The lowest BCUT2D eigenvalue weighted by Gasteiger charge is -2.17. The third-order valence-electron chi connectivity index (χ3n) is 4.02. The lowest BCUT2D eigenvalue weighted by Crippen LogP contribution is -2.31. The Labute approximate surface area is 152 Å². The van der Waals surface area contributed by atoms with E-state index in [0.29, 0.717) is 36.5 Å². The Bertz CT molecular complexity index is 781. The zero-order valence-corrected chi connectivity index (χ0v) is 14.8. The average molecular weight is 386 g/mol. The van der Waals surface area contributed by atoms with Crippen molar-refractivity contribution in [3.63, 3.8) is 0 Å². The molecule has 1 saturated heterocycles. The summed E-state index contributed by atoms with van der Waals surface area (Å²) >= 11 is 1.06. The summed E-state index contributed by atoms with van der Waals surface area (Å²) in [6.45, 7) is 2.75. The summed E-state index contributed by atoms with van der Waals surface area (Å²) in [6, 6.07) is 1.76.